The first-order chi connectivity index (χ1) is 27.7. The van der Waals surface area contributed by atoms with E-state index in [1.165, 1.54) is 42.4 Å². The predicted molar refractivity (Wildman–Crippen MR) is 234 cm³/mol. The Morgan fingerprint density at radius 3 is 1.86 bits per heavy atom. The maximum atomic E-state index is 12.8. The number of nitrogens with two attached hydrogens (primary N) is 1. The van der Waals surface area contributed by atoms with E-state index in [0.29, 0.717) is 55.0 Å². The lowest BCUT2D eigenvalue weighted by Crippen LogP contribution is -2.41. The molecule has 2 aromatic carbocycles. The maximum absolute atomic E-state index is 12.8. The number of Topliss-reactive ketones (excluding diaryl/α,β-unsaturated/α-hetero) is 4. The number of amides is 1. The summed E-state index contributed by atoms with van der Waals surface area (Å²) in [7, 11) is 0. The topological polar surface area (TPSA) is 136 Å². The molecule has 0 aliphatic heterocycles. The van der Waals surface area contributed by atoms with Gasteiger partial charge in [0.25, 0.3) is 0 Å². The van der Waals surface area contributed by atoms with Crippen molar-refractivity contribution in [2.75, 3.05) is 5.73 Å². The molecule has 0 radical (unpaired) electrons. The van der Waals surface area contributed by atoms with E-state index in [1.807, 2.05) is 13.0 Å². The molecule has 3 N–H and O–H groups in total. The molecule has 0 spiro atoms. The number of aryl methyl sites for hydroxylation is 2. The molecule has 0 unspecified atom stereocenters. The third-order valence-corrected chi connectivity index (χ3v) is 13.6. The number of carbonyl (C=O) groups is 5. The number of nitrogens with zero attached hydrogens (tertiary/aromatic N) is 1. The van der Waals surface area contributed by atoms with Crippen LogP contribution < -0.4 is 11.1 Å². The van der Waals surface area contributed by atoms with Crippen molar-refractivity contribution in [3.8, 4) is 0 Å². The molecule has 4 aliphatic carbocycles. The van der Waals surface area contributed by atoms with Gasteiger partial charge in [0.1, 0.15) is 23.2 Å². The summed E-state index contributed by atoms with van der Waals surface area (Å²) < 4.78 is 1.13. The number of aromatic nitrogens is 1. The molecule has 4 saturated carbocycles. The van der Waals surface area contributed by atoms with E-state index in [4.69, 9.17) is 5.73 Å². The van der Waals surface area contributed by atoms with Gasteiger partial charge in [0, 0.05) is 47.2 Å². The number of halogens is 1. The Morgan fingerprint density at radius 2 is 1.36 bits per heavy atom. The molecule has 9 heteroatoms. The highest BCUT2D eigenvalue weighted by atomic mass is 79.9. The largest absolute Gasteiger partial charge is 0.384 e. The van der Waals surface area contributed by atoms with Gasteiger partial charge in [-0.15, -0.1) is 0 Å². The zero-order valence-electron chi connectivity index (χ0n) is 35.1. The number of nitrogen functional groups attached to an aromatic ring is 1. The molecule has 1 amide bonds. The van der Waals surface area contributed by atoms with Crippen LogP contribution in [0.1, 0.15) is 138 Å². The Kier molecular flexibility index (Phi) is 17.0. The molecule has 0 bridgehead atoms. The summed E-state index contributed by atoms with van der Waals surface area (Å²) in [5.74, 6) is 3.79. The molecule has 1 aromatic heterocycles. The molecule has 3 aromatic rings. The molecule has 58 heavy (non-hydrogen) atoms. The lowest BCUT2D eigenvalue weighted by atomic mass is 9.80. The summed E-state index contributed by atoms with van der Waals surface area (Å²) in [4.78, 5) is 62.2. The van der Waals surface area contributed by atoms with E-state index in [2.05, 4.69) is 74.8 Å². The molecular formula is C49H64BrN3O5. The normalized spacial score (nSPS) is 23.1. The Bertz CT molecular complexity index is 1870. The van der Waals surface area contributed by atoms with Crippen LogP contribution in [0, 0.1) is 36.5 Å². The van der Waals surface area contributed by atoms with Crippen LogP contribution >= 0.6 is 15.9 Å². The van der Waals surface area contributed by atoms with E-state index in [1.54, 1.807) is 26.8 Å². The van der Waals surface area contributed by atoms with E-state index in [-0.39, 0.29) is 35.1 Å². The molecular weight excluding hydrogens is 790 g/mol. The summed E-state index contributed by atoms with van der Waals surface area (Å²) in [5, 5.41) is 2.97. The second-order valence-corrected chi connectivity index (χ2v) is 18.4. The van der Waals surface area contributed by atoms with Gasteiger partial charge < -0.3 is 11.1 Å². The molecule has 0 saturated heterocycles. The Labute approximate surface area is 354 Å². The van der Waals surface area contributed by atoms with Gasteiger partial charge in [-0.25, -0.2) is 4.98 Å². The molecule has 7 rings (SSSR count). The second kappa shape index (κ2) is 21.9. The van der Waals surface area contributed by atoms with Gasteiger partial charge in [0.05, 0.1) is 6.04 Å². The second-order valence-electron chi connectivity index (χ2n) is 17.5. The van der Waals surface area contributed by atoms with Crippen LogP contribution in [-0.2, 0) is 43.2 Å². The van der Waals surface area contributed by atoms with Crippen molar-refractivity contribution >= 4 is 50.8 Å². The van der Waals surface area contributed by atoms with Crippen LogP contribution in [0.25, 0.3) is 0 Å². The van der Waals surface area contributed by atoms with Crippen molar-refractivity contribution in [3.05, 3.63) is 93.1 Å². The number of benzene rings is 2. The molecule has 1 heterocycles. The van der Waals surface area contributed by atoms with Crippen molar-refractivity contribution in [2.45, 2.75) is 142 Å². The van der Waals surface area contributed by atoms with E-state index >= 15 is 0 Å². The van der Waals surface area contributed by atoms with Gasteiger partial charge in [-0.2, -0.15) is 0 Å². The van der Waals surface area contributed by atoms with E-state index < -0.39 is 6.04 Å². The van der Waals surface area contributed by atoms with Crippen LogP contribution in [0.3, 0.4) is 0 Å². The molecule has 4 aliphatic rings. The number of nitrogens with one attached hydrogen (secondary N) is 1. The first-order valence-electron chi connectivity index (χ1n) is 21.6. The van der Waals surface area contributed by atoms with Crippen LogP contribution in [0.4, 0.5) is 5.82 Å². The van der Waals surface area contributed by atoms with Gasteiger partial charge in [0.2, 0.25) is 5.91 Å². The standard InChI is InChI=1S/C28H37N3O2.C14H17BrO.C7H10O2/c1-18-22(13-15-27(29)30-18)12-14-26(32)19(2)31-28(33)25-11-8-21(17-25)16-20-6-9-24(10-7-20)23-4-3-5-23;1-10(16)13-5-2-12(9-13)8-11-3-6-14(15)7-4-11;1-5(8)6-2-3-7(9)4-6/h6-7,9-10,13,15,19,21,23,25H,3-5,8,11-12,14,16-17H2,1-2H3,(H2,29,30)(H,31,33);3-4,6-7,12-13H,2,5,8-9H2,1H3;6H,2-4H2,1H3/t19-,21-,25+;12-,13+;6-/m000/s1. The number of hydrogen-bond donors (Lipinski definition) is 2. The van der Waals surface area contributed by atoms with Crippen molar-refractivity contribution < 1.29 is 24.0 Å². The zero-order chi connectivity index (χ0) is 41.8. The predicted octanol–water partition coefficient (Wildman–Crippen LogP) is 9.85. The molecule has 8 nitrogen and oxygen atoms in total. The summed E-state index contributed by atoms with van der Waals surface area (Å²) in [6, 6.07) is 20.9. The number of carbonyl (C=O) groups excluding carboxylic acids is 5. The monoisotopic (exact) mass is 853 g/mol. The van der Waals surface area contributed by atoms with Crippen LogP contribution in [0.5, 0.6) is 0 Å². The van der Waals surface area contributed by atoms with E-state index in [9.17, 15) is 24.0 Å². The molecule has 312 valence electrons. The van der Waals surface area contributed by atoms with Crippen molar-refractivity contribution in [3.63, 3.8) is 0 Å². The van der Waals surface area contributed by atoms with Crippen LogP contribution in [-0.4, -0.2) is 40.1 Å². The number of pyridine rings is 1. The highest BCUT2D eigenvalue weighted by molar-refractivity contribution is 9.10. The minimum Gasteiger partial charge on any atom is -0.384 e. The average Bonchev–Trinajstić information content (AvgIpc) is 3.95. The van der Waals surface area contributed by atoms with Gasteiger partial charge in [-0.3, -0.25) is 24.0 Å². The van der Waals surface area contributed by atoms with Crippen molar-refractivity contribution in [2.24, 2.45) is 29.6 Å². The zero-order valence-corrected chi connectivity index (χ0v) is 36.7. The third-order valence-electron chi connectivity index (χ3n) is 13.1. The number of ketones is 4. The number of hydrogen-bond acceptors (Lipinski definition) is 7. The first-order valence-corrected chi connectivity index (χ1v) is 22.4. The first kappa shape index (κ1) is 45.1. The van der Waals surface area contributed by atoms with Crippen molar-refractivity contribution in [1.29, 1.82) is 0 Å². The lowest BCUT2D eigenvalue weighted by molar-refractivity contribution is -0.129. The van der Waals surface area contributed by atoms with Gasteiger partial charge in [-0.1, -0.05) is 64.8 Å². The van der Waals surface area contributed by atoms with Gasteiger partial charge in [-0.05, 0) is 163 Å². The quantitative estimate of drug-likeness (QED) is 0.175. The number of rotatable bonds is 13. The van der Waals surface area contributed by atoms with Gasteiger partial charge >= 0.3 is 0 Å². The Hall–Kier alpha value is -3.98. The van der Waals surface area contributed by atoms with Crippen molar-refractivity contribution in [1.82, 2.24) is 10.3 Å². The van der Waals surface area contributed by atoms with E-state index in [0.717, 1.165) is 73.0 Å². The lowest BCUT2D eigenvalue weighted by Gasteiger charge is -2.26. The highest BCUT2D eigenvalue weighted by Gasteiger charge is 2.32. The van der Waals surface area contributed by atoms with Gasteiger partial charge in [0.15, 0.2) is 5.78 Å². The van der Waals surface area contributed by atoms with Crippen LogP contribution in [0.2, 0.25) is 0 Å². The summed E-state index contributed by atoms with van der Waals surface area (Å²) >= 11 is 3.44. The summed E-state index contributed by atoms with van der Waals surface area (Å²) in [5.41, 5.74) is 11.8. The highest BCUT2D eigenvalue weighted by Crippen LogP contribution is 2.38. The Morgan fingerprint density at radius 1 is 0.776 bits per heavy atom. The fourth-order valence-corrected chi connectivity index (χ4v) is 9.27. The summed E-state index contributed by atoms with van der Waals surface area (Å²) in [6.45, 7) is 6.99. The van der Waals surface area contributed by atoms with Crippen LogP contribution in [0.15, 0.2) is 65.1 Å². The minimum absolute atomic E-state index is 0.0167. The smallest absolute Gasteiger partial charge is 0.223 e. The maximum Gasteiger partial charge on any atom is 0.223 e. The third kappa shape index (κ3) is 13.8. The average molecular weight is 855 g/mol. The molecule has 6 atom stereocenters. The summed E-state index contributed by atoms with van der Waals surface area (Å²) in [6.07, 6.45) is 15.4. The Balaban J connectivity index is 0.000000210. The number of anilines is 1. The fourth-order valence-electron chi connectivity index (χ4n) is 9.00. The molecule has 4 fully saturated rings. The minimum atomic E-state index is -0.461. The fraction of sp³-hybridized carbons (Fsp3) is 0.551. The SMILES string of the molecule is CC(=O)[C@@H]1CC[C@@H](Cc2ccc(Br)cc2)C1.CC(=O)[C@H]1CCC(=O)C1.Cc1nc(N)ccc1CCC(=O)[C@H](C)NC(=O)[C@@H]1CC[C@@H](Cc2ccc(C3CCC3)cc2)C1.